The molecule has 5 rings (SSSR count). The number of likely N-dealkylation sites (tertiary alicyclic amines) is 1. The van der Waals surface area contributed by atoms with Gasteiger partial charge in [-0.1, -0.05) is 24.6 Å². The number of hydrogen-bond donors (Lipinski definition) is 3. The molecule has 1 fully saturated rings. The molecule has 7 heteroatoms. The molecule has 7 nitrogen and oxygen atoms in total. The monoisotopic (exact) mass is 480 g/mol. The van der Waals surface area contributed by atoms with Crippen LogP contribution in [-0.2, 0) is 29.3 Å². The Morgan fingerprint density at radius 1 is 1.06 bits per heavy atom. The molecule has 0 saturated carbocycles. The summed E-state index contributed by atoms with van der Waals surface area (Å²) in [6, 6.07) is 8.03. The zero-order valence-electron chi connectivity index (χ0n) is 20.7. The predicted octanol–water partition coefficient (Wildman–Crippen LogP) is 3.22. The average Bonchev–Trinajstić information content (AvgIpc) is 3.49. The number of nitrogens with zero attached hydrogens (tertiary/aromatic N) is 1. The molecule has 0 aliphatic carbocycles. The van der Waals surface area contributed by atoms with Crippen molar-refractivity contribution in [1.82, 2.24) is 10.2 Å². The minimum Gasteiger partial charge on any atom is -0.457 e. The van der Waals surface area contributed by atoms with Gasteiger partial charge < -0.3 is 25.0 Å². The Labute approximate surface area is 207 Å². The number of piperidine rings is 1. The highest BCUT2D eigenvalue weighted by Crippen LogP contribution is 2.31. The summed E-state index contributed by atoms with van der Waals surface area (Å²) >= 11 is 0. The number of aliphatic hydroxyl groups is 2. The summed E-state index contributed by atoms with van der Waals surface area (Å²) in [5, 5.41) is 25.0. The average molecular weight is 481 g/mol. The molecule has 3 atom stereocenters. The van der Waals surface area contributed by atoms with E-state index in [9.17, 15) is 15.0 Å². The molecule has 0 aromatic heterocycles. The summed E-state index contributed by atoms with van der Waals surface area (Å²) in [6.45, 7) is 7.94. The van der Waals surface area contributed by atoms with Crippen LogP contribution in [0.25, 0.3) is 0 Å². The second-order valence-corrected chi connectivity index (χ2v) is 10.1. The smallest absolute Gasteiger partial charge is 0.338 e. The van der Waals surface area contributed by atoms with Crippen LogP contribution in [0.4, 0.5) is 0 Å². The fourth-order valence-corrected chi connectivity index (χ4v) is 5.94. The molecular weight excluding hydrogens is 444 g/mol. The largest absolute Gasteiger partial charge is 0.457 e. The Hall–Kier alpha value is -2.29. The maximum Gasteiger partial charge on any atom is 0.338 e. The van der Waals surface area contributed by atoms with E-state index >= 15 is 0 Å². The Kier molecular flexibility index (Phi) is 7.23. The normalized spacial score (nSPS) is 21.5. The van der Waals surface area contributed by atoms with Crippen LogP contribution < -0.4 is 5.32 Å². The summed E-state index contributed by atoms with van der Waals surface area (Å²) in [6.07, 6.45) is 2.70. The minimum atomic E-state index is -0.635. The van der Waals surface area contributed by atoms with Crippen molar-refractivity contribution in [3.8, 4) is 0 Å². The lowest BCUT2D eigenvalue weighted by molar-refractivity contribution is 0.0534. The molecule has 35 heavy (non-hydrogen) atoms. The summed E-state index contributed by atoms with van der Waals surface area (Å²) in [4.78, 5) is 14.2. The van der Waals surface area contributed by atoms with Crippen molar-refractivity contribution >= 4 is 5.97 Å². The first-order valence-electron chi connectivity index (χ1n) is 12.7. The molecule has 3 unspecified atom stereocenters. The lowest BCUT2D eigenvalue weighted by atomic mass is 9.93. The molecule has 0 bridgehead atoms. The zero-order valence-corrected chi connectivity index (χ0v) is 20.7. The SMILES string of the molecule is Cc1c(C(CO)NCC2CCCCN2CC(O)c2ccc3c(c2C)COC3=O)ccc2c1COC2. The van der Waals surface area contributed by atoms with Crippen LogP contribution >= 0.6 is 0 Å². The van der Waals surface area contributed by atoms with Gasteiger partial charge in [0, 0.05) is 24.7 Å². The molecule has 2 aromatic carbocycles. The summed E-state index contributed by atoms with van der Waals surface area (Å²) < 4.78 is 10.8. The van der Waals surface area contributed by atoms with Crippen molar-refractivity contribution in [2.75, 3.05) is 26.2 Å². The number of ether oxygens (including phenoxy) is 2. The third-order valence-corrected chi connectivity index (χ3v) is 8.12. The molecular formula is C28H36N2O5. The van der Waals surface area contributed by atoms with E-state index in [-0.39, 0.29) is 31.3 Å². The van der Waals surface area contributed by atoms with Gasteiger partial charge in [0.2, 0.25) is 0 Å². The highest BCUT2D eigenvalue weighted by molar-refractivity contribution is 5.93. The molecule has 3 N–H and O–H groups in total. The van der Waals surface area contributed by atoms with Crippen LogP contribution in [0.15, 0.2) is 24.3 Å². The van der Waals surface area contributed by atoms with E-state index in [0.29, 0.717) is 25.3 Å². The molecule has 3 aliphatic heterocycles. The van der Waals surface area contributed by atoms with Crippen LogP contribution in [0.5, 0.6) is 0 Å². The van der Waals surface area contributed by atoms with E-state index in [1.54, 1.807) is 6.07 Å². The number of carbonyl (C=O) groups is 1. The molecule has 1 saturated heterocycles. The van der Waals surface area contributed by atoms with Gasteiger partial charge in [0.25, 0.3) is 0 Å². The number of aliphatic hydroxyl groups excluding tert-OH is 2. The molecule has 0 radical (unpaired) electrons. The fourth-order valence-electron chi connectivity index (χ4n) is 5.94. The number of esters is 1. The molecule has 0 amide bonds. The quantitative estimate of drug-likeness (QED) is 0.500. The highest BCUT2D eigenvalue weighted by atomic mass is 16.5. The first kappa shape index (κ1) is 24.4. The molecule has 3 aliphatic rings. The Morgan fingerprint density at radius 3 is 2.69 bits per heavy atom. The van der Waals surface area contributed by atoms with Crippen molar-refractivity contribution in [3.05, 3.63) is 68.8 Å². The van der Waals surface area contributed by atoms with Gasteiger partial charge in [-0.15, -0.1) is 0 Å². The standard InChI is InChI=1S/C28H36N2O5/c1-17-21(7-6-19-14-34-15-24(17)19)26(13-31)29-11-20-5-3-4-10-30(20)12-27(32)22-8-9-23-25(18(22)2)16-35-28(23)33/h6-9,20,26-27,29,31-32H,3-5,10-16H2,1-2H3. The zero-order chi connectivity index (χ0) is 24.5. The van der Waals surface area contributed by atoms with E-state index < -0.39 is 6.10 Å². The number of carbonyl (C=O) groups excluding carboxylic acids is 1. The van der Waals surface area contributed by atoms with E-state index in [0.717, 1.165) is 54.6 Å². The summed E-state index contributed by atoms with van der Waals surface area (Å²) in [7, 11) is 0. The molecule has 0 spiro atoms. The minimum absolute atomic E-state index is 0.0327. The Balaban J connectivity index is 1.26. The Bertz CT molecular complexity index is 1100. The van der Waals surface area contributed by atoms with Gasteiger partial charge >= 0.3 is 5.97 Å². The number of benzene rings is 2. The lowest BCUT2D eigenvalue weighted by Gasteiger charge is -2.38. The van der Waals surface area contributed by atoms with Crippen molar-refractivity contribution in [2.45, 2.75) is 71.1 Å². The van der Waals surface area contributed by atoms with Crippen molar-refractivity contribution in [3.63, 3.8) is 0 Å². The van der Waals surface area contributed by atoms with Crippen LogP contribution in [0.3, 0.4) is 0 Å². The third-order valence-electron chi connectivity index (χ3n) is 8.12. The highest BCUT2D eigenvalue weighted by Gasteiger charge is 2.29. The number of hydrogen-bond acceptors (Lipinski definition) is 7. The maximum atomic E-state index is 11.9. The second kappa shape index (κ2) is 10.4. The molecule has 188 valence electrons. The van der Waals surface area contributed by atoms with Gasteiger partial charge in [-0.3, -0.25) is 4.90 Å². The number of rotatable bonds is 8. The van der Waals surface area contributed by atoms with Gasteiger partial charge in [0.1, 0.15) is 6.61 Å². The van der Waals surface area contributed by atoms with Crippen molar-refractivity contribution in [1.29, 1.82) is 0 Å². The molecule has 3 heterocycles. The topological polar surface area (TPSA) is 91.3 Å². The number of β-amino-alcohol motifs (C(OH)–C–C–N with tert-alkyl or cyclic N) is 1. The Morgan fingerprint density at radius 2 is 1.86 bits per heavy atom. The predicted molar refractivity (Wildman–Crippen MR) is 132 cm³/mol. The van der Waals surface area contributed by atoms with Crippen molar-refractivity contribution < 1.29 is 24.5 Å². The number of cyclic esters (lactones) is 1. The van der Waals surface area contributed by atoms with Crippen LogP contribution in [0.2, 0.25) is 0 Å². The first-order valence-corrected chi connectivity index (χ1v) is 12.7. The maximum absolute atomic E-state index is 11.9. The third kappa shape index (κ3) is 4.76. The van der Waals surface area contributed by atoms with Gasteiger partial charge in [-0.25, -0.2) is 4.79 Å². The van der Waals surface area contributed by atoms with E-state index in [1.807, 2.05) is 13.0 Å². The number of fused-ring (bicyclic) bond motifs is 2. The fraction of sp³-hybridized carbons (Fsp3) is 0.536. The molecule has 2 aromatic rings. The van der Waals surface area contributed by atoms with E-state index in [2.05, 4.69) is 29.3 Å². The van der Waals surface area contributed by atoms with E-state index in [4.69, 9.17) is 9.47 Å². The van der Waals surface area contributed by atoms with Gasteiger partial charge in [0.05, 0.1) is 37.5 Å². The van der Waals surface area contributed by atoms with Gasteiger partial charge in [-0.2, -0.15) is 0 Å². The van der Waals surface area contributed by atoms with Gasteiger partial charge in [0.15, 0.2) is 0 Å². The van der Waals surface area contributed by atoms with E-state index in [1.165, 1.54) is 16.7 Å². The van der Waals surface area contributed by atoms with Gasteiger partial charge in [-0.05, 0) is 72.7 Å². The second-order valence-electron chi connectivity index (χ2n) is 10.1. The van der Waals surface area contributed by atoms with Crippen LogP contribution in [-0.4, -0.2) is 53.4 Å². The van der Waals surface area contributed by atoms with Crippen molar-refractivity contribution in [2.24, 2.45) is 0 Å². The van der Waals surface area contributed by atoms with Crippen LogP contribution in [0.1, 0.15) is 80.7 Å². The summed E-state index contributed by atoms with van der Waals surface area (Å²) in [5.41, 5.74) is 8.15. The number of nitrogens with one attached hydrogen (secondary N) is 1. The lowest BCUT2D eigenvalue weighted by Crippen LogP contribution is -2.48. The first-order chi connectivity index (χ1) is 17.0. The van der Waals surface area contributed by atoms with Crippen LogP contribution in [0, 0.1) is 13.8 Å². The summed E-state index contributed by atoms with van der Waals surface area (Å²) in [5.74, 6) is -0.282.